The smallest absolute Gasteiger partial charge is 0.230 e. The monoisotopic (exact) mass is 281 g/mol. The highest BCUT2D eigenvalue weighted by molar-refractivity contribution is 5.97. The number of hydrogen-bond donors (Lipinski definition) is 2. The van der Waals surface area contributed by atoms with Crippen molar-refractivity contribution in [2.24, 2.45) is 5.73 Å². The van der Waals surface area contributed by atoms with Crippen LogP contribution in [0.4, 0.5) is 0 Å². The van der Waals surface area contributed by atoms with Gasteiger partial charge in [-0.1, -0.05) is 17.7 Å². The molecule has 108 valence electrons. The zero-order valence-corrected chi connectivity index (χ0v) is 12.1. The number of pyridine rings is 1. The molecule has 2 aromatic rings. The maximum absolute atomic E-state index is 7.75. The minimum atomic E-state index is -0.00187. The van der Waals surface area contributed by atoms with Crippen molar-refractivity contribution in [3.63, 3.8) is 0 Å². The second kappa shape index (κ2) is 5.56. The van der Waals surface area contributed by atoms with Crippen molar-refractivity contribution < 1.29 is 4.74 Å². The maximum atomic E-state index is 7.75. The van der Waals surface area contributed by atoms with Gasteiger partial charge in [0.1, 0.15) is 11.6 Å². The number of amidine groups is 1. The summed E-state index contributed by atoms with van der Waals surface area (Å²) in [5, 5.41) is 7.75. The summed E-state index contributed by atoms with van der Waals surface area (Å²) in [6.45, 7) is 2.03. The van der Waals surface area contributed by atoms with Crippen molar-refractivity contribution in [1.29, 1.82) is 5.41 Å². The Bertz CT molecular complexity index is 677. The average molecular weight is 281 g/mol. The van der Waals surface area contributed by atoms with E-state index in [1.807, 2.05) is 37.3 Å². The molecule has 0 bridgehead atoms. The SMILES string of the molecule is Cc1ccc(Oc2nc3c(cc2C(=N)N)CCCC3)cc1. The number of ether oxygens (including phenoxy) is 1. The second-order valence-corrected chi connectivity index (χ2v) is 5.48. The van der Waals surface area contributed by atoms with E-state index in [4.69, 9.17) is 15.9 Å². The van der Waals surface area contributed by atoms with Crippen LogP contribution in [0.2, 0.25) is 0 Å². The Morgan fingerprint density at radius 2 is 1.90 bits per heavy atom. The molecule has 3 rings (SSSR count). The molecule has 0 saturated heterocycles. The molecule has 0 fully saturated rings. The summed E-state index contributed by atoms with van der Waals surface area (Å²) in [5.74, 6) is 1.15. The van der Waals surface area contributed by atoms with E-state index in [2.05, 4.69) is 4.98 Å². The molecule has 4 nitrogen and oxygen atoms in total. The van der Waals surface area contributed by atoms with E-state index in [0.717, 1.165) is 25.0 Å². The lowest BCUT2D eigenvalue weighted by Gasteiger charge is -2.18. The molecule has 1 heterocycles. The summed E-state index contributed by atoms with van der Waals surface area (Å²) in [7, 11) is 0. The van der Waals surface area contributed by atoms with Gasteiger partial charge in [0.15, 0.2) is 0 Å². The Morgan fingerprint density at radius 1 is 1.19 bits per heavy atom. The largest absolute Gasteiger partial charge is 0.438 e. The van der Waals surface area contributed by atoms with Gasteiger partial charge >= 0.3 is 0 Å². The van der Waals surface area contributed by atoms with E-state index < -0.39 is 0 Å². The van der Waals surface area contributed by atoms with Gasteiger partial charge in [-0.2, -0.15) is 0 Å². The molecule has 4 heteroatoms. The molecular weight excluding hydrogens is 262 g/mol. The number of nitrogens with zero attached hydrogens (tertiary/aromatic N) is 1. The lowest BCUT2D eigenvalue weighted by Crippen LogP contribution is -2.16. The van der Waals surface area contributed by atoms with Gasteiger partial charge in [0.05, 0.1) is 5.56 Å². The van der Waals surface area contributed by atoms with Crippen LogP contribution in [0.5, 0.6) is 11.6 Å². The molecule has 1 aromatic carbocycles. The van der Waals surface area contributed by atoms with Crippen molar-refractivity contribution in [1.82, 2.24) is 4.98 Å². The molecule has 0 amide bonds. The first kappa shape index (κ1) is 13.6. The third kappa shape index (κ3) is 2.89. The summed E-state index contributed by atoms with van der Waals surface area (Å²) in [6.07, 6.45) is 4.30. The van der Waals surface area contributed by atoms with Gasteiger partial charge < -0.3 is 10.5 Å². The van der Waals surface area contributed by atoms with Gasteiger partial charge in [-0.05, 0) is 56.4 Å². The van der Waals surface area contributed by atoms with Crippen LogP contribution in [0.15, 0.2) is 30.3 Å². The fourth-order valence-electron chi connectivity index (χ4n) is 2.60. The topological polar surface area (TPSA) is 72.0 Å². The summed E-state index contributed by atoms with van der Waals surface area (Å²) >= 11 is 0. The van der Waals surface area contributed by atoms with E-state index in [9.17, 15) is 0 Å². The van der Waals surface area contributed by atoms with Crippen molar-refractivity contribution in [2.45, 2.75) is 32.6 Å². The molecule has 1 aromatic heterocycles. The first-order valence-corrected chi connectivity index (χ1v) is 7.25. The molecule has 0 spiro atoms. The van der Waals surface area contributed by atoms with Crippen molar-refractivity contribution in [3.05, 3.63) is 52.7 Å². The van der Waals surface area contributed by atoms with E-state index in [1.54, 1.807) is 0 Å². The number of nitrogens with two attached hydrogens (primary N) is 1. The van der Waals surface area contributed by atoms with Crippen LogP contribution in [0, 0.1) is 12.3 Å². The molecule has 1 aliphatic rings. The summed E-state index contributed by atoms with van der Waals surface area (Å²) in [5.41, 5.74) is 9.72. The van der Waals surface area contributed by atoms with Gasteiger partial charge in [0.2, 0.25) is 5.88 Å². The lowest BCUT2D eigenvalue weighted by atomic mass is 9.95. The van der Waals surface area contributed by atoms with Crippen LogP contribution >= 0.6 is 0 Å². The van der Waals surface area contributed by atoms with Gasteiger partial charge in [-0.15, -0.1) is 0 Å². The highest BCUT2D eigenvalue weighted by atomic mass is 16.5. The van der Waals surface area contributed by atoms with Crippen molar-refractivity contribution >= 4 is 5.84 Å². The number of fused-ring (bicyclic) bond motifs is 1. The zero-order chi connectivity index (χ0) is 14.8. The first-order valence-electron chi connectivity index (χ1n) is 7.25. The fourth-order valence-corrected chi connectivity index (χ4v) is 2.60. The molecule has 1 aliphatic carbocycles. The van der Waals surface area contributed by atoms with Crippen LogP contribution < -0.4 is 10.5 Å². The fraction of sp³-hybridized carbons (Fsp3) is 0.294. The number of aryl methyl sites for hydroxylation is 3. The Morgan fingerprint density at radius 3 is 2.62 bits per heavy atom. The Labute approximate surface area is 124 Å². The van der Waals surface area contributed by atoms with Gasteiger partial charge in [0.25, 0.3) is 0 Å². The molecular formula is C17H19N3O. The van der Waals surface area contributed by atoms with Crippen LogP contribution in [0.1, 0.15) is 35.2 Å². The molecule has 21 heavy (non-hydrogen) atoms. The Hall–Kier alpha value is -2.36. The summed E-state index contributed by atoms with van der Waals surface area (Å²) in [6, 6.07) is 9.75. The predicted octanol–water partition coefficient (Wildman–Crippen LogP) is 3.35. The summed E-state index contributed by atoms with van der Waals surface area (Å²) in [4.78, 5) is 4.61. The minimum absolute atomic E-state index is 0.00187. The third-order valence-electron chi connectivity index (χ3n) is 3.79. The number of aromatic nitrogens is 1. The average Bonchev–Trinajstić information content (AvgIpc) is 2.48. The van der Waals surface area contributed by atoms with Crippen LogP contribution in [-0.4, -0.2) is 10.8 Å². The molecule has 0 aliphatic heterocycles. The first-order chi connectivity index (χ1) is 10.1. The number of nitrogen functional groups attached to an aromatic ring is 1. The van der Waals surface area contributed by atoms with Gasteiger partial charge in [-0.25, -0.2) is 4.98 Å². The van der Waals surface area contributed by atoms with E-state index in [0.29, 0.717) is 17.2 Å². The second-order valence-electron chi connectivity index (χ2n) is 5.48. The predicted molar refractivity (Wildman–Crippen MR) is 83.1 cm³/mol. The number of hydrogen-bond acceptors (Lipinski definition) is 3. The Balaban J connectivity index is 1.99. The quantitative estimate of drug-likeness (QED) is 0.669. The van der Waals surface area contributed by atoms with Gasteiger partial charge in [0, 0.05) is 5.69 Å². The maximum Gasteiger partial charge on any atom is 0.230 e. The molecule has 0 atom stereocenters. The number of benzene rings is 1. The van der Waals surface area contributed by atoms with E-state index in [-0.39, 0.29) is 5.84 Å². The van der Waals surface area contributed by atoms with E-state index in [1.165, 1.54) is 17.5 Å². The minimum Gasteiger partial charge on any atom is -0.438 e. The molecule has 0 saturated carbocycles. The summed E-state index contributed by atoms with van der Waals surface area (Å²) < 4.78 is 5.86. The zero-order valence-electron chi connectivity index (χ0n) is 12.1. The molecule has 0 radical (unpaired) electrons. The van der Waals surface area contributed by atoms with E-state index >= 15 is 0 Å². The van der Waals surface area contributed by atoms with Crippen LogP contribution in [-0.2, 0) is 12.8 Å². The van der Waals surface area contributed by atoms with Crippen LogP contribution in [0.3, 0.4) is 0 Å². The van der Waals surface area contributed by atoms with Crippen molar-refractivity contribution in [2.75, 3.05) is 0 Å². The third-order valence-corrected chi connectivity index (χ3v) is 3.79. The number of nitrogens with one attached hydrogen (secondary N) is 1. The number of rotatable bonds is 3. The lowest BCUT2D eigenvalue weighted by molar-refractivity contribution is 0.456. The Kier molecular flexibility index (Phi) is 3.60. The normalized spacial score (nSPS) is 13.6. The molecule has 0 unspecified atom stereocenters. The molecule has 3 N–H and O–H groups in total. The van der Waals surface area contributed by atoms with Crippen LogP contribution in [0.25, 0.3) is 0 Å². The highest BCUT2D eigenvalue weighted by Crippen LogP contribution is 2.29. The van der Waals surface area contributed by atoms with Gasteiger partial charge in [-0.3, -0.25) is 5.41 Å². The van der Waals surface area contributed by atoms with Crippen molar-refractivity contribution in [3.8, 4) is 11.6 Å². The highest BCUT2D eigenvalue weighted by Gasteiger charge is 2.18. The standard InChI is InChI=1S/C17H19N3O/c1-11-6-8-13(9-7-11)21-17-14(16(18)19)10-12-4-2-3-5-15(12)20-17/h6-10H,2-5H2,1H3,(H3,18,19).